The molecule has 0 saturated carbocycles. The molecule has 0 atom stereocenters. The van der Waals surface area contributed by atoms with E-state index in [9.17, 15) is 9.59 Å². The van der Waals surface area contributed by atoms with E-state index in [0.29, 0.717) is 17.0 Å². The Morgan fingerprint density at radius 3 is 2.85 bits per heavy atom. The molecule has 2 heterocycles. The molecule has 3 rings (SSSR count). The maximum absolute atomic E-state index is 12.8. The summed E-state index contributed by atoms with van der Waals surface area (Å²) < 4.78 is 10.4. The number of rotatable bonds is 8. The molecular formula is C20H28N2O4. The number of amides is 1. The van der Waals surface area contributed by atoms with Crippen LogP contribution in [0.2, 0.25) is 0 Å². The summed E-state index contributed by atoms with van der Waals surface area (Å²) in [6.07, 6.45) is 5.29. The van der Waals surface area contributed by atoms with Gasteiger partial charge in [-0.2, -0.15) is 0 Å². The minimum Gasteiger partial charge on any atom is -0.482 e. The van der Waals surface area contributed by atoms with Gasteiger partial charge < -0.3 is 19.7 Å². The first-order valence-corrected chi connectivity index (χ1v) is 9.49. The second-order valence-corrected chi connectivity index (χ2v) is 7.08. The van der Waals surface area contributed by atoms with Crippen LogP contribution in [0, 0.1) is 5.92 Å². The van der Waals surface area contributed by atoms with E-state index in [4.69, 9.17) is 9.47 Å². The van der Waals surface area contributed by atoms with Gasteiger partial charge in [0.1, 0.15) is 5.75 Å². The molecule has 0 radical (unpaired) electrons. The number of Topliss-reactive ketones (excluding diaryl/α,β-unsaturated/α-hetero) is 1. The maximum atomic E-state index is 12.8. The molecule has 0 bridgehead atoms. The van der Waals surface area contributed by atoms with Gasteiger partial charge in [0.2, 0.25) is 0 Å². The summed E-state index contributed by atoms with van der Waals surface area (Å²) in [5.74, 6) is 0.690. The molecule has 0 unspecified atom stereocenters. The van der Waals surface area contributed by atoms with E-state index in [2.05, 4.69) is 10.2 Å². The van der Waals surface area contributed by atoms with Gasteiger partial charge in [0.05, 0.1) is 5.69 Å². The van der Waals surface area contributed by atoms with Crippen molar-refractivity contribution in [1.29, 1.82) is 0 Å². The van der Waals surface area contributed by atoms with Crippen LogP contribution in [0.25, 0.3) is 0 Å². The third-order valence-electron chi connectivity index (χ3n) is 5.18. The summed E-state index contributed by atoms with van der Waals surface area (Å²) in [4.78, 5) is 26.7. The summed E-state index contributed by atoms with van der Waals surface area (Å²) >= 11 is 0. The standard InChI is InChI=1S/C20H28N2O4/c1-25-12-4-2-3-9-22-10-7-15(8-11-22)20(24)16-5-6-18-17(13-16)21-19(23)14-26-18/h5-6,13,15H,2-4,7-12,14H2,1H3,(H,21,23). The number of hydrogen-bond acceptors (Lipinski definition) is 5. The summed E-state index contributed by atoms with van der Waals surface area (Å²) in [5.41, 5.74) is 1.26. The van der Waals surface area contributed by atoms with Crippen LogP contribution in [0.3, 0.4) is 0 Å². The van der Waals surface area contributed by atoms with Gasteiger partial charge in [-0.05, 0) is 69.9 Å². The predicted molar refractivity (Wildman–Crippen MR) is 99.8 cm³/mol. The number of ketones is 1. The Kier molecular flexibility index (Phi) is 6.63. The summed E-state index contributed by atoms with van der Waals surface area (Å²) in [7, 11) is 1.74. The molecule has 1 aromatic carbocycles. The Hall–Kier alpha value is -1.92. The van der Waals surface area contributed by atoms with Crippen molar-refractivity contribution in [3.63, 3.8) is 0 Å². The lowest BCUT2D eigenvalue weighted by Crippen LogP contribution is -2.37. The van der Waals surface area contributed by atoms with E-state index in [1.54, 1.807) is 25.3 Å². The number of carbonyl (C=O) groups excluding carboxylic acids is 2. The molecule has 1 N–H and O–H groups in total. The first-order chi connectivity index (χ1) is 12.7. The number of hydrogen-bond donors (Lipinski definition) is 1. The number of methoxy groups -OCH3 is 1. The first kappa shape index (κ1) is 18.9. The zero-order chi connectivity index (χ0) is 18.4. The summed E-state index contributed by atoms with van der Waals surface area (Å²) in [6.45, 7) is 3.93. The molecule has 26 heavy (non-hydrogen) atoms. The Morgan fingerprint density at radius 2 is 2.08 bits per heavy atom. The van der Waals surface area contributed by atoms with Crippen molar-refractivity contribution in [3.8, 4) is 5.75 Å². The number of ether oxygens (including phenoxy) is 2. The molecule has 2 aliphatic heterocycles. The topological polar surface area (TPSA) is 67.9 Å². The number of nitrogens with zero attached hydrogens (tertiary/aromatic N) is 1. The van der Waals surface area contributed by atoms with Gasteiger partial charge in [0, 0.05) is 25.2 Å². The fourth-order valence-electron chi connectivity index (χ4n) is 3.65. The number of unbranched alkanes of at least 4 members (excludes halogenated alkanes) is 2. The van der Waals surface area contributed by atoms with E-state index in [0.717, 1.165) is 45.5 Å². The average Bonchev–Trinajstić information content (AvgIpc) is 2.67. The number of anilines is 1. The molecule has 1 fully saturated rings. The lowest BCUT2D eigenvalue weighted by atomic mass is 9.88. The molecule has 6 heteroatoms. The number of nitrogens with one attached hydrogen (secondary N) is 1. The summed E-state index contributed by atoms with van der Waals surface area (Å²) in [6, 6.07) is 5.33. The van der Waals surface area contributed by atoms with Crippen LogP contribution in [0.15, 0.2) is 18.2 Å². The Morgan fingerprint density at radius 1 is 1.27 bits per heavy atom. The fourth-order valence-corrected chi connectivity index (χ4v) is 3.65. The summed E-state index contributed by atoms with van der Waals surface area (Å²) in [5, 5.41) is 2.77. The molecule has 1 aromatic rings. The van der Waals surface area contributed by atoms with Gasteiger partial charge in [-0.25, -0.2) is 0 Å². The smallest absolute Gasteiger partial charge is 0.262 e. The molecular weight excluding hydrogens is 332 g/mol. The number of fused-ring (bicyclic) bond motifs is 1. The van der Waals surface area contributed by atoms with Crippen LogP contribution >= 0.6 is 0 Å². The first-order valence-electron chi connectivity index (χ1n) is 9.49. The van der Waals surface area contributed by atoms with E-state index < -0.39 is 0 Å². The van der Waals surface area contributed by atoms with Crippen molar-refractivity contribution in [2.24, 2.45) is 5.92 Å². The fraction of sp³-hybridized carbons (Fsp3) is 0.600. The van der Waals surface area contributed by atoms with Crippen molar-refractivity contribution in [1.82, 2.24) is 4.90 Å². The van der Waals surface area contributed by atoms with E-state index in [1.807, 2.05) is 0 Å². The predicted octanol–water partition coefficient (Wildman–Crippen LogP) is 2.73. The van der Waals surface area contributed by atoms with Crippen molar-refractivity contribution in [2.45, 2.75) is 32.1 Å². The lowest BCUT2D eigenvalue weighted by Gasteiger charge is -2.31. The SMILES string of the molecule is COCCCCCN1CCC(C(=O)c2ccc3c(c2)NC(=O)CO3)CC1. The Labute approximate surface area is 154 Å². The third kappa shape index (κ3) is 4.83. The van der Waals surface area contributed by atoms with Crippen LogP contribution < -0.4 is 10.1 Å². The van der Waals surface area contributed by atoms with Crippen LogP contribution in [0.1, 0.15) is 42.5 Å². The van der Waals surface area contributed by atoms with Crippen molar-refractivity contribution in [2.75, 3.05) is 45.3 Å². The highest BCUT2D eigenvalue weighted by Crippen LogP contribution is 2.30. The quantitative estimate of drug-likeness (QED) is 0.570. The van der Waals surface area contributed by atoms with Crippen LogP contribution in [0.4, 0.5) is 5.69 Å². The third-order valence-corrected chi connectivity index (χ3v) is 5.18. The second kappa shape index (κ2) is 9.14. The molecule has 142 valence electrons. The second-order valence-electron chi connectivity index (χ2n) is 7.08. The van der Waals surface area contributed by atoms with E-state index in [-0.39, 0.29) is 24.2 Å². The van der Waals surface area contributed by atoms with E-state index >= 15 is 0 Å². The minimum atomic E-state index is -0.180. The average molecular weight is 360 g/mol. The zero-order valence-corrected chi connectivity index (χ0v) is 15.5. The van der Waals surface area contributed by atoms with Gasteiger partial charge in [-0.15, -0.1) is 0 Å². The molecule has 0 aliphatic carbocycles. The molecule has 1 saturated heterocycles. The monoisotopic (exact) mass is 360 g/mol. The lowest BCUT2D eigenvalue weighted by molar-refractivity contribution is -0.118. The van der Waals surface area contributed by atoms with E-state index in [1.165, 1.54) is 12.8 Å². The van der Waals surface area contributed by atoms with Crippen LogP contribution in [-0.4, -0.2) is 56.5 Å². The van der Waals surface area contributed by atoms with Gasteiger partial charge in [0.25, 0.3) is 5.91 Å². The van der Waals surface area contributed by atoms with Crippen molar-refractivity contribution < 1.29 is 19.1 Å². The van der Waals surface area contributed by atoms with Crippen LogP contribution in [0.5, 0.6) is 5.75 Å². The highest BCUT2D eigenvalue weighted by atomic mass is 16.5. The van der Waals surface area contributed by atoms with Gasteiger partial charge in [-0.1, -0.05) is 0 Å². The molecule has 0 spiro atoms. The normalized spacial score (nSPS) is 18.1. The highest BCUT2D eigenvalue weighted by Gasteiger charge is 2.26. The number of likely N-dealkylation sites (tertiary alicyclic amines) is 1. The molecule has 1 amide bonds. The molecule has 2 aliphatic rings. The van der Waals surface area contributed by atoms with Crippen LogP contribution in [-0.2, 0) is 9.53 Å². The van der Waals surface area contributed by atoms with Crippen molar-refractivity contribution >= 4 is 17.4 Å². The number of benzene rings is 1. The zero-order valence-electron chi connectivity index (χ0n) is 15.5. The Balaban J connectivity index is 1.48. The minimum absolute atomic E-state index is 0.0320. The molecule has 6 nitrogen and oxygen atoms in total. The number of carbonyl (C=O) groups is 2. The highest BCUT2D eigenvalue weighted by molar-refractivity contribution is 6.01. The van der Waals surface area contributed by atoms with Gasteiger partial charge in [0.15, 0.2) is 12.4 Å². The maximum Gasteiger partial charge on any atom is 0.262 e. The van der Waals surface area contributed by atoms with Gasteiger partial charge >= 0.3 is 0 Å². The number of piperidine rings is 1. The van der Waals surface area contributed by atoms with Gasteiger partial charge in [-0.3, -0.25) is 9.59 Å². The Bertz CT molecular complexity index is 639. The molecule has 0 aromatic heterocycles. The largest absolute Gasteiger partial charge is 0.482 e. The van der Waals surface area contributed by atoms with Crippen molar-refractivity contribution in [3.05, 3.63) is 23.8 Å².